The standard InChI is InChI=1S/C16H27N3/c1-4-19(11-15-7-5-6-14(3)18-15)16(12-17)9-8-13(2)10-16/h5-7,13H,4,8-12,17H2,1-3H3. The summed E-state index contributed by atoms with van der Waals surface area (Å²) in [6.07, 6.45) is 3.75. The van der Waals surface area contributed by atoms with Gasteiger partial charge in [-0.15, -0.1) is 0 Å². The van der Waals surface area contributed by atoms with Crippen LogP contribution >= 0.6 is 0 Å². The summed E-state index contributed by atoms with van der Waals surface area (Å²) in [6, 6.07) is 6.27. The summed E-state index contributed by atoms with van der Waals surface area (Å²) in [6.45, 7) is 9.35. The van der Waals surface area contributed by atoms with Gasteiger partial charge < -0.3 is 5.73 Å². The lowest BCUT2D eigenvalue weighted by Crippen LogP contribution is -2.51. The van der Waals surface area contributed by atoms with Crippen LogP contribution in [-0.2, 0) is 6.54 Å². The van der Waals surface area contributed by atoms with Crippen molar-refractivity contribution in [3.05, 3.63) is 29.6 Å². The Hall–Kier alpha value is -0.930. The van der Waals surface area contributed by atoms with Gasteiger partial charge in [0.05, 0.1) is 5.69 Å². The van der Waals surface area contributed by atoms with Gasteiger partial charge in [-0.05, 0) is 50.8 Å². The van der Waals surface area contributed by atoms with E-state index in [0.717, 1.165) is 36.9 Å². The van der Waals surface area contributed by atoms with Gasteiger partial charge in [-0.2, -0.15) is 0 Å². The third kappa shape index (κ3) is 3.15. The molecule has 19 heavy (non-hydrogen) atoms. The van der Waals surface area contributed by atoms with Crippen molar-refractivity contribution in [1.29, 1.82) is 0 Å². The average molecular weight is 261 g/mol. The second-order valence-electron chi connectivity index (χ2n) is 6.06. The Morgan fingerprint density at radius 3 is 2.79 bits per heavy atom. The van der Waals surface area contributed by atoms with E-state index >= 15 is 0 Å². The third-order valence-corrected chi connectivity index (χ3v) is 4.56. The van der Waals surface area contributed by atoms with Crippen LogP contribution in [0.25, 0.3) is 0 Å². The minimum absolute atomic E-state index is 0.194. The number of nitrogens with two attached hydrogens (primary N) is 1. The highest BCUT2D eigenvalue weighted by atomic mass is 15.2. The first kappa shape index (κ1) is 14.5. The van der Waals surface area contributed by atoms with Gasteiger partial charge >= 0.3 is 0 Å². The zero-order chi connectivity index (χ0) is 13.9. The fourth-order valence-corrected chi connectivity index (χ4v) is 3.47. The molecule has 2 unspecified atom stereocenters. The lowest BCUT2D eigenvalue weighted by atomic mass is 9.93. The topological polar surface area (TPSA) is 42.2 Å². The fourth-order valence-electron chi connectivity index (χ4n) is 3.47. The lowest BCUT2D eigenvalue weighted by molar-refractivity contribution is 0.0922. The van der Waals surface area contributed by atoms with E-state index in [1.54, 1.807) is 0 Å². The number of nitrogens with zero attached hydrogens (tertiary/aromatic N) is 2. The molecule has 0 radical (unpaired) electrons. The second-order valence-corrected chi connectivity index (χ2v) is 6.06. The fraction of sp³-hybridized carbons (Fsp3) is 0.688. The predicted octanol–water partition coefficient (Wildman–Crippen LogP) is 2.73. The van der Waals surface area contributed by atoms with E-state index in [4.69, 9.17) is 5.73 Å². The minimum atomic E-state index is 0.194. The number of hydrogen-bond acceptors (Lipinski definition) is 3. The van der Waals surface area contributed by atoms with Gasteiger partial charge in [0.2, 0.25) is 0 Å². The Bertz CT molecular complexity index is 418. The van der Waals surface area contributed by atoms with Crippen LogP contribution in [0.2, 0.25) is 0 Å². The summed E-state index contributed by atoms with van der Waals surface area (Å²) in [7, 11) is 0. The van der Waals surface area contributed by atoms with Crippen LogP contribution in [0.1, 0.15) is 44.5 Å². The third-order valence-electron chi connectivity index (χ3n) is 4.56. The Morgan fingerprint density at radius 1 is 1.47 bits per heavy atom. The molecular weight excluding hydrogens is 234 g/mol. The van der Waals surface area contributed by atoms with Gasteiger partial charge in [-0.25, -0.2) is 0 Å². The monoisotopic (exact) mass is 261 g/mol. The summed E-state index contributed by atoms with van der Waals surface area (Å²) >= 11 is 0. The molecule has 2 rings (SSSR count). The summed E-state index contributed by atoms with van der Waals surface area (Å²) in [4.78, 5) is 7.17. The van der Waals surface area contributed by atoms with E-state index < -0.39 is 0 Å². The van der Waals surface area contributed by atoms with Gasteiger partial charge in [0.15, 0.2) is 0 Å². The highest BCUT2D eigenvalue weighted by molar-refractivity contribution is 5.11. The quantitative estimate of drug-likeness (QED) is 0.886. The molecule has 1 aliphatic rings. The number of aryl methyl sites for hydroxylation is 1. The van der Waals surface area contributed by atoms with Crippen molar-refractivity contribution in [3.8, 4) is 0 Å². The number of rotatable bonds is 5. The SMILES string of the molecule is CCN(Cc1cccc(C)n1)C1(CN)CCC(C)C1. The zero-order valence-electron chi connectivity index (χ0n) is 12.5. The maximum atomic E-state index is 6.13. The average Bonchev–Trinajstić information content (AvgIpc) is 2.79. The molecule has 0 bridgehead atoms. The van der Waals surface area contributed by atoms with Crippen LogP contribution in [-0.4, -0.2) is 28.5 Å². The van der Waals surface area contributed by atoms with Crippen molar-refractivity contribution >= 4 is 0 Å². The van der Waals surface area contributed by atoms with E-state index in [1.807, 2.05) is 0 Å². The summed E-state index contributed by atoms with van der Waals surface area (Å²) in [5, 5.41) is 0. The molecule has 0 saturated heterocycles. The van der Waals surface area contributed by atoms with E-state index in [9.17, 15) is 0 Å². The minimum Gasteiger partial charge on any atom is -0.329 e. The van der Waals surface area contributed by atoms with E-state index in [0.29, 0.717) is 0 Å². The molecule has 1 aliphatic carbocycles. The number of likely N-dealkylation sites (N-methyl/N-ethyl adjacent to an activating group) is 1. The molecule has 106 valence electrons. The highest BCUT2D eigenvalue weighted by Gasteiger charge is 2.40. The molecule has 1 aromatic rings. The maximum absolute atomic E-state index is 6.13. The van der Waals surface area contributed by atoms with Crippen molar-refractivity contribution in [2.24, 2.45) is 11.7 Å². The van der Waals surface area contributed by atoms with Crippen LogP contribution in [0.5, 0.6) is 0 Å². The first-order valence-electron chi connectivity index (χ1n) is 7.47. The molecule has 3 nitrogen and oxygen atoms in total. The molecule has 1 saturated carbocycles. The normalized spacial score (nSPS) is 27.1. The van der Waals surface area contributed by atoms with Gasteiger partial charge in [-0.1, -0.05) is 19.9 Å². The molecule has 0 amide bonds. The predicted molar refractivity (Wildman–Crippen MR) is 79.9 cm³/mol. The first-order chi connectivity index (χ1) is 9.09. The number of pyridine rings is 1. The van der Waals surface area contributed by atoms with Crippen molar-refractivity contribution < 1.29 is 0 Å². The van der Waals surface area contributed by atoms with Crippen molar-refractivity contribution in [1.82, 2.24) is 9.88 Å². The number of aromatic nitrogens is 1. The van der Waals surface area contributed by atoms with Crippen LogP contribution in [0.3, 0.4) is 0 Å². The molecular formula is C16H27N3. The number of hydrogen-bond donors (Lipinski definition) is 1. The van der Waals surface area contributed by atoms with Crippen LogP contribution in [0.15, 0.2) is 18.2 Å². The first-order valence-corrected chi connectivity index (χ1v) is 7.47. The van der Waals surface area contributed by atoms with Gasteiger partial charge in [0, 0.05) is 24.3 Å². The Morgan fingerprint density at radius 2 is 2.26 bits per heavy atom. The summed E-state index contributed by atoms with van der Waals surface area (Å²) in [5.74, 6) is 0.795. The summed E-state index contributed by atoms with van der Waals surface area (Å²) in [5.41, 5.74) is 8.58. The molecule has 1 heterocycles. The molecule has 0 aliphatic heterocycles. The van der Waals surface area contributed by atoms with Gasteiger partial charge in [-0.3, -0.25) is 9.88 Å². The molecule has 2 N–H and O–H groups in total. The Labute approximate surface area is 117 Å². The van der Waals surface area contributed by atoms with Crippen molar-refractivity contribution in [2.75, 3.05) is 13.1 Å². The Kier molecular flexibility index (Phi) is 4.58. The second kappa shape index (κ2) is 6.02. The molecule has 3 heteroatoms. The highest BCUT2D eigenvalue weighted by Crippen LogP contribution is 2.38. The molecule has 1 fully saturated rings. The molecule has 1 aromatic heterocycles. The van der Waals surface area contributed by atoms with Gasteiger partial charge in [0.1, 0.15) is 0 Å². The largest absolute Gasteiger partial charge is 0.329 e. The van der Waals surface area contributed by atoms with E-state index in [-0.39, 0.29) is 5.54 Å². The molecule has 2 atom stereocenters. The van der Waals surface area contributed by atoms with E-state index in [2.05, 4.69) is 48.9 Å². The molecule has 0 aromatic carbocycles. The van der Waals surface area contributed by atoms with E-state index in [1.165, 1.54) is 19.3 Å². The zero-order valence-corrected chi connectivity index (χ0v) is 12.5. The summed E-state index contributed by atoms with van der Waals surface area (Å²) < 4.78 is 0. The van der Waals surface area contributed by atoms with Crippen LogP contribution < -0.4 is 5.73 Å². The van der Waals surface area contributed by atoms with Crippen molar-refractivity contribution in [2.45, 2.75) is 52.1 Å². The van der Waals surface area contributed by atoms with Gasteiger partial charge in [0.25, 0.3) is 0 Å². The lowest BCUT2D eigenvalue weighted by Gasteiger charge is -2.40. The Balaban J connectivity index is 2.15. The van der Waals surface area contributed by atoms with Crippen LogP contribution in [0, 0.1) is 12.8 Å². The smallest absolute Gasteiger partial charge is 0.0547 e. The molecule has 0 spiro atoms. The van der Waals surface area contributed by atoms with Crippen molar-refractivity contribution in [3.63, 3.8) is 0 Å². The maximum Gasteiger partial charge on any atom is 0.0547 e. The van der Waals surface area contributed by atoms with Crippen LogP contribution in [0.4, 0.5) is 0 Å².